The fourth-order valence-corrected chi connectivity index (χ4v) is 3.30. The van der Waals surface area contributed by atoms with Gasteiger partial charge in [0.15, 0.2) is 24.1 Å². The predicted octanol–water partition coefficient (Wildman–Crippen LogP) is -0.615. The molecule has 0 amide bonds. The van der Waals surface area contributed by atoms with E-state index in [2.05, 4.69) is 0 Å². The Hall–Kier alpha value is -3.06. The van der Waals surface area contributed by atoms with Gasteiger partial charge in [0.25, 0.3) is 0 Å². The first-order valence-electron chi connectivity index (χ1n) is 10.5. The SMILES string of the molecule is CCOC(=O)CCC(=O)C(OC(C)=O)C1O[C@H](COC(C)=O)[C@@H](OC(C)=O)[C@H](OC(C)=O)[C@H]1O. The standard InChI is InChI=1S/C21H30O13/c1-6-29-16(27)8-7-14(26)18(31-11(3)23)20-17(28)21(33-13(5)25)19(32-12(4)24)15(34-20)9-30-10(2)22/h15,17-21,28H,6-9H2,1-5H3/t15-,17+,18?,19-,20?,21-/m1/s1. The summed E-state index contributed by atoms with van der Waals surface area (Å²) in [6.07, 6.45) is -10.2. The van der Waals surface area contributed by atoms with Gasteiger partial charge >= 0.3 is 29.8 Å². The first-order valence-corrected chi connectivity index (χ1v) is 10.5. The van der Waals surface area contributed by atoms with Gasteiger partial charge in [0.05, 0.1) is 13.0 Å². The Bertz CT molecular complexity index is 777. The van der Waals surface area contributed by atoms with Crippen molar-refractivity contribution in [3.05, 3.63) is 0 Å². The maximum absolute atomic E-state index is 12.8. The van der Waals surface area contributed by atoms with E-state index < -0.39 is 85.3 Å². The third kappa shape index (κ3) is 9.06. The van der Waals surface area contributed by atoms with Crippen LogP contribution in [0.2, 0.25) is 0 Å². The zero-order valence-electron chi connectivity index (χ0n) is 19.6. The predicted molar refractivity (Wildman–Crippen MR) is 109 cm³/mol. The summed E-state index contributed by atoms with van der Waals surface area (Å²) in [5.74, 6) is -4.72. The molecule has 0 spiro atoms. The second kappa shape index (κ2) is 13.6. The molecule has 1 aliphatic heterocycles. The van der Waals surface area contributed by atoms with Gasteiger partial charge in [0, 0.05) is 34.1 Å². The van der Waals surface area contributed by atoms with Crippen molar-refractivity contribution in [1.29, 1.82) is 0 Å². The number of esters is 5. The summed E-state index contributed by atoms with van der Waals surface area (Å²) >= 11 is 0. The van der Waals surface area contributed by atoms with Crippen LogP contribution in [0.1, 0.15) is 47.5 Å². The Balaban J connectivity index is 3.31. The van der Waals surface area contributed by atoms with Crippen LogP contribution in [-0.2, 0) is 57.2 Å². The molecule has 1 fully saturated rings. The van der Waals surface area contributed by atoms with E-state index in [0.717, 1.165) is 27.7 Å². The molecule has 13 heteroatoms. The van der Waals surface area contributed by atoms with Crippen molar-refractivity contribution in [1.82, 2.24) is 0 Å². The van der Waals surface area contributed by atoms with Crippen molar-refractivity contribution in [3.63, 3.8) is 0 Å². The molecule has 1 aliphatic rings. The first kappa shape index (κ1) is 29.0. The van der Waals surface area contributed by atoms with E-state index in [4.69, 9.17) is 28.4 Å². The summed E-state index contributed by atoms with van der Waals surface area (Å²) in [5, 5.41) is 10.9. The highest BCUT2D eigenvalue weighted by Gasteiger charge is 2.53. The summed E-state index contributed by atoms with van der Waals surface area (Å²) in [4.78, 5) is 70.8. The van der Waals surface area contributed by atoms with Crippen LogP contribution in [-0.4, -0.2) is 90.6 Å². The largest absolute Gasteiger partial charge is 0.466 e. The highest BCUT2D eigenvalue weighted by molar-refractivity contribution is 5.88. The summed E-state index contributed by atoms with van der Waals surface area (Å²) in [6, 6.07) is 0. The average molecular weight is 490 g/mol. The number of hydrogen-bond donors (Lipinski definition) is 1. The second-order valence-electron chi connectivity index (χ2n) is 7.38. The molecule has 6 atom stereocenters. The number of hydrogen-bond acceptors (Lipinski definition) is 13. The minimum Gasteiger partial charge on any atom is -0.466 e. The third-order valence-corrected chi connectivity index (χ3v) is 4.54. The monoisotopic (exact) mass is 490 g/mol. The van der Waals surface area contributed by atoms with Crippen LogP contribution in [0.3, 0.4) is 0 Å². The van der Waals surface area contributed by atoms with Crippen molar-refractivity contribution in [3.8, 4) is 0 Å². The van der Waals surface area contributed by atoms with E-state index in [1.54, 1.807) is 6.92 Å². The molecule has 0 radical (unpaired) electrons. The minimum atomic E-state index is -1.81. The molecule has 0 aromatic rings. The van der Waals surface area contributed by atoms with Gasteiger partial charge in [-0.05, 0) is 6.92 Å². The van der Waals surface area contributed by atoms with Crippen molar-refractivity contribution in [2.75, 3.05) is 13.2 Å². The van der Waals surface area contributed by atoms with Crippen molar-refractivity contribution in [2.24, 2.45) is 0 Å². The average Bonchev–Trinajstić information content (AvgIpc) is 2.72. The fourth-order valence-electron chi connectivity index (χ4n) is 3.30. The molecule has 34 heavy (non-hydrogen) atoms. The Morgan fingerprint density at radius 2 is 1.41 bits per heavy atom. The lowest BCUT2D eigenvalue weighted by Gasteiger charge is -2.44. The highest BCUT2D eigenvalue weighted by Crippen LogP contribution is 2.30. The number of ether oxygens (including phenoxy) is 6. The Labute approximate surface area is 195 Å². The lowest BCUT2D eigenvalue weighted by Crippen LogP contribution is -2.65. The van der Waals surface area contributed by atoms with Gasteiger partial charge in [-0.2, -0.15) is 0 Å². The van der Waals surface area contributed by atoms with E-state index in [-0.39, 0.29) is 13.0 Å². The van der Waals surface area contributed by atoms with Crippen LogP contribution in [0.15, 0.2) is 0 Å². The Morgan fingerprint density at radius 3 is 1.91 bits per heavy atom. The number of aliphatic hydroxyl groups excluding tert-OH is 1. The molecule has 1 N–H and O–H groups in total. The van der Waals surface area contributed by atoms with Gasteiger partial charge < -0.3 is 33.5 Å². The third-order valence-electron chi connectivity index (χ3n) is 4.54. The van der Waals surface area contributed by atoms with Crippen LogP contribution < -0.4 is 0 Å². The molecule has 1 saturated heterocycles. The van der Waals surface area contributed by atoms with Crippen molar-refractivity contribution >= 4 is 35.6 Å². The fraction of sp³-hybridized carbons (Fsp3) is 0.714. The molecule has 1 heterocycles. The molecule has 2 unspecified atom stereocenters. The zero-order valence-corrected chi connectivity index (χ0v) is 19.6. The van der Waals surface area contributed by atoms with Gasteiger partial charge in [-0.15, -0.1) is 0 Å². The van der Waals surface area contributed by atoms with E-state index in [1.807, 2.05) is 0 Å². The lowest BCUT2D eigenvalue weighted by molar-refractivity contribution is -0.261. The molecule has 1 rings (SSSR count). The number of carbonyl (C=O) groups excluding carboxylic acids is 6. The second-order valence-corrected chi connectivity index (χ2v) is 7.38. The summed E-state index contributed by atoms with van der Waals surface area (Å²) in [6.45, 7) is 5.42. The molecule has 192 valence electrons. The number of aliphatic hydroxyl groups is 1. The van der Waals surface area contributed by atoms with Crippen LogP contribution in [0.4, 0.5) is 0 Å². The molecule has 0 aliphatic carbocycles. The Morgan fingerprint density at radius 1 is 0.824 bits per heavy atom. The maximum atomic E-state index is 12.8. The number of Topliss-reactive ketones (excluding diaryl/α,β-unsaturated/α-hetero) is 1. The summed E-state index contributed by atoms with van der Waals surface area (Å²) in [5.41, 5.74) is 0. The molecule has 0 bridgehead atoms. The van der Waals surface area contributed by atoms with Gasteiger partial charge in [-0.3, -0.25) is 28.8 Å². The molecular formula is C21H30O13. The first-order chi connectivity index (χ1) is 15.9. The van der Waals surface area contributed by atoms with E-state index in [9.17, 15) is 33.9 Å². The van der Waals surface area contributed by atoms with Crippen molar-refractivity contribution in [2.45, 2.75) is 84.1 Å². The Kier molecular flexibility index (Phi) is 11.6. The number of rotatable bonds is 11. The van der Waals surface area contributed by atoms with Crippen molar-refractivity contribution < 1.29 is 62.3 Å². The van der Waals surface area contributed by atoms with Crippen LogP contribution in [0.5, 0.6) is 0 Å². The molecular weight excluding hydrogens is 460 g/mol. The zero-order chi connectivity index (χ0) is 26.0. The van der Waals surface area contributed by atoms with Gasteiger partial charge in [-0.1, -0.05) is 0 Å². The maximum Gasteiger partial charge on any atom is 0.306 e. The number of carbonyl (C=O) groups is 6. The van der Waals surface area contributed by atoms with Crippen LogP contribution >= 0.6 is 0 Å². The molecule has 0 saturated carbocycles. The van der Waals surface area contributed by atoms with Gasteiger partial charge in [0.2, 0.25) is 0 Å². The normalized spacial score (nSPS) is 24.8. The van der Waals surface area contributed by atoms with Gasteiger partial charge in [-0.25, -0.2) is 0 Å². The van der Waals surface area contributed by atoms with Crippen LogP contribution in [0.25, 0.3) is 0 Å². The quantitative estimate of drug-likeness (QED) is 0.286. The van der Waals surface area contributed by atoms with E-state index in [0.29, 0.717) is 0 Å². The summed E-state index contributed by atoms with van der Waals surface area (Å²) < 4.78 is 30.8. The van der Waals surface area contributed by atoms with E-state index >= 15 is 0 Å². The molecule has 0 aromatic carbocycles. The molecule has 0 aromatic heterocycles. The molecule has 13 nitrogen and oxygen atoms in total. The minimum absolute atomic E-state index is 0.101. The van der Waals surface area contributed by atoms with E-state index in [1.165, 1.54) is 0 Å². The highest BCUT2D eigenvalue weighted by atomic mass is 16.6. The topological polar surface area (TPSA) is 178 Å². The number of ketones is 1. The van der Waals surface area contributed by atoms with Crippen LogP contribution in [0, 0.1) is 0 Å². The lowest BCUT2D eigenvalue weighted by atomic mass is 9.89. The smallest absolute Gasteiger partial charge is 0.306 e. The summed E-state index contributed by atoms with van der Waals surface area (Å²) in [7, 11) is 0. The van der Waals surface area contributed by atoms with Gasteiger partial charge in [0.1, 0.15) is 24.9 Å².